The van der Waals surface area contributed by atoms with Crippen LogP contribution in [0.5, 0.6) is 0 Å². The third-order valence-electron chi connectivity index (χ3n) is 1.85. The van der Waals surface area contributed by atoms with Crippen molar-refractivity contribution < 1.29 is 14.3 Å². The van der Waals surface area contributed by atoms with Crippen LogP contribution in [0, 0.1) is 5.92 Å². The molecule has 0 aromatic carbocycles. The Bertz CT molecular complexity index is 200. The van der Waals surface area contributed by atoms with Gasteiger partial charge in [-0.05, 0) is 5.92 Å². The molecule has 68 valence electrons. The van der Waals surface area contributed by atoms with Crippen LogP contribution in [0.15, 0.2) is 4.99 Å². The van der Waals surface area contributed by atoms with Crippen LogP contribution in [-0.2, 0) is 14.3 Å². The average Bonchev–Trinajstić information content (AvgIpc) is 2.50. The second kappa shape index (κ2) is 3.56. The fraction of sp³-hybridized carbons (Fsp3) is 0.750. The molecule has 4 heteroatoms. The Labute approximate surface area is 71.6 Å². The number of rotatable bonds is 2. The van der Waals surface area contributed by atoms with E-state index < -0.39 is 6.04 Å². The number of carbonyl (C=O) groups is 1. The standard InChI is InChI=1S/C8H13NO3/c1-5(2)7-6(8(10)11-3)9-4-12-7/h4-7H,1-3H3/t6-,7+/m0/s1. The van der Waals surface area contributed by atoms with Gasteiger partial charge >= 0.3 is 5.97 Å². The van der Waals surface area contributed by atoms with Crippen molar-refractivity contribution in [1.82, 2.24) is 0 Å². The van der Waals surface area contributed by atoms with Crippen molar-refractivity contribution in [2.45, 2.75) is 26.0 Å². The van der Waals surface area contributed by atoms with Gasteiger partial charge in [0.25, 0.3) is 0 Å². The lowest BCUT2D eigenvalue weighted by Gasteiger charge is -2.18. The Morgan fingerprint density at radius 1 is 1.67 bits per heavy atom. The molecule has 0 saturated carbocycles. The molecule has 0 aromatic heterocycles. The van der Waals surface area contributed by atoms with E-state index in [0.717, 1.165) is 0 Å². The molecule has 1 heterocycles. The van der Waals surface area contributed by atoms with Gasteiger partial charge in [0.15, 0.2) is 12.4 Å². The number of methoxy groups -OCH3 is 1. The first-order valence-electron chi connectivity index (χ1n) is 3.91. The van der Waals surface area contributed by atoms with E-state index in [-0.39, 0.29) is 18.0 Å². The topological polar surface area (TPSA) is 47.9 Å². The van der Waals surface area contributed by atoms with Gasteiger partial charge in [-0.25, -0.2) is 9.79 Å². The average molecular weight is 171 g/mol. The van der Waals surface area contributed by atoms with Crippen LogP contribution in [0.4, 0.5) is 0 Å². The number of hydrogen-bond donors (Lipinski definition) is 0. The lowest BCUT2D eigenvalue weighted by Crippen LogP contribution is -2.34. The minimum atomic E-state index is -0.477. The monoisotopic (exact) mass is 171 g/mol. The summed E-state index contributed by atoms with van der Waals surface area (Å²) in [5.74, 6) is -0.0703. The maximum absolute atomic E-state index is 11.1. The van der Waals surface area contributed by atoms with Gasteiger partial charge in [0.1, 0.15) is 6.10 Å². The van der Waals surface area contributed by atoms with Crippen LogP contribution in [0.2, 0.25) is 0 Å². The Morgan fingerprint density at radius 3 is 2.83 bits per heavy atom. The van der Waals surface area contributed by atoms with Crippen LogP contribution in [-0.4, -0.2) is 31.6 Å². The highest BCUT2D eigenvalue weighted by Crippen LogP contribution is 2.18. The summed E-state index contributed by atoms with van der Waals surface area (Å²) in [6, 6.07) is -0.477. The predicted molar refractivity (Wildman–Crippen MR) is 44.0 cm³/mol. The van der Waals surface area contributed by atoms with Crippen LogP contribution in [0.1, 0.15) is 13.8 Å². The molecule has 0 aliphatic carbocycles. The van der Waals surface area contributed by atoms with Gasteiger partial charge in [0.05, 0.1) is 7.11 Å². The molecule has 0 unspecified atom stereocenters. The molecule has 1 aliphatic rings. The number of esters is 1. The molecular formula is C8H13NO3. The molecule has 0 aromatic rings. The molecular weight excluding hydrogens is 158 g/mol. The van der Waals surface area contributed by atoms with E-state index in [4.69, 9.17) is 4.74 Å². The van der Waals surface area contributed by atoms with Crippen molar-refractivity contribution in [1.29, 1.82) is 0 Å². The zero-order valence-electron chi connectivity index (χ0n) is 7.48. The fourth-order valence-corrected chi connectivity index (χ4v) is 1.17. The highest BCUT2D eigenvalue weighted by atomic mass is 16.5. The first kappa shape index (κ1) is 9.03. The zero-order valence-corrected chi connectivity index (χ0v) is 7.48. The third kappa shape index (κ3) is 1.57. The maximum Gasteiger partial charge on any atom is 0.334 e. The molecule has 2 atom stereocenters. The van der Waals surface area contributed by atoms with Gasteiger partial charge in [-0.15, -0.1) is 0 Å². The van der Waals surface area contributed by atoms with Crippen LogP contribution >= 0.6 is 0 Å². The molecule has 12 heavy (non-hydrogen) atoms. The molecule has 1 aliphatic heterocycles. The molecule has 0 spiro atoms. The van der Waals surface area contributed by atoms with E-state index in [0.29, 0.717) is 0 Å². The summed E-state index contributed by atoms with van der Waals surface area (Å²) in [5.41, 5.74) is 0. The Kier molecular flexibility index (Phi) is 2.68. The lowest BCUT2D eigenvalue weighted by atomic mass is 10.0. The minimum absolute atomic E-state index is 0.169. The van der Waals surface area contributed by atoms with Gasteiger partial charge in [0.2, 0.25) is 0 Å². The summed E-state index contributed by atoms with van der Waals surface area (Å²) >= 11 is 0. The highest BCUT2D eigenvalue weighted by Gasteiger charge is 2.35. The molecule has 1 rings (SSSR count). The van der Waals surface area contributed by atoms with E-state index >= 15 is 0 Å². The molecule has 0 bridgehead atoms. The van der Waals surface area contributed by atoms with Gasteiger partial charge in [0, 0.05) is 0 Å². The Morgan fingerprint density at radius 2 is 2.33 bits per heavy atom. The quantitative estimate of drug-likeness (QED) is 0.572. The summed E-state index contributed by atoms with van der Waals surface area (Å²) in [5, 5.41) is 0. The molecule has 0 radical (unpaired) electrons. The van der Waals surface area contributed by atoms with Gasteiger partial charge in [-0.2, -0.15) is 0 Å². The summed E-state index contributed by atoms with van der Waals surface area (Å²) in [6.07, 6.45) is 1.16. The zero-order chi connectivity index (χ0) is 9.14. The number of nitrogens with zero attached hydrogens (tertiary/aromatic N) is 1. The summed E-state index contributed by atoms with van der Waals surface area (Å²) in [7, 11) is 1.35. The fourth-order valence-electron chi connectivity index (χ4n) is 1.17. The summed E-state index contributed by atoms with van der Waals surface area (Å²) in [4.78, 5) is 15.0. The third-order valence-corrected chi connectivity index (χ3v) is 1.85. The number of aliphatic imine (C=N–C) groups is 1. The summed E-state index contributed by atoms with van der Waals surface area (Å²) < 4.78 is 9.74. The molecule has 4 nitrogen and oxygen atoms in total. The largest absolute Gasteiger partial charge is 0.477 e. The predicted octanol–water partition coefficient (Wildman–Crippen LogP) is 0.611. The van der Waals surface area contributed by atoms with Crippen molar-refractivity contribution in [2.75, 3.05) is 7.11 Å². The number of ether oxygens (including phenoxy) is 2. The van der Waals surface area contributed by atoms with Crippen LogP contribution < -0.4 is 0 Å². The SMILES string of the molecule is COC(=O)[C@H]1N=CO[C@@H]1C(C)C. The van der Waals surface area contributed by atoms with E-state index in [9.17, 15) is 4.79 Å². The second-order valence-corrected chi connectivity index (χ2v) is 3.07. The van der Waals surface area contributed by atoms with Crippen molar-refractivity contribution in [3.05, 3.63) is 0 Å². The smallest absolute Gasteiger partial charge is 0.334 e. The normalized spacial score (nSPS) is 27.3. The Balaban J connectivity index is 2.62. The maximum atomic E-state index is 11.1. The van der Waals surface area contributed by atoms with Crippen molar-refractivity contribution in [2.24, 2.45) is 10.9 Å². The van der Waals surface area contributed by atoms with Crippen LogP contribution in [0.3, 0.4) is 0 Å². The highest BCUT2D eigenvalue weighted by molar-refractivity contribution is 5.79. The summed E-state index contributed by atoms with van der Waals surface area (Å²) in [6.45, 7) is 3.96. The molecule has 0 fully saturated rings. The molecule has 0 N–H and O–H groups in total. The molecule has 0 saturated heterocycles. The Hall–Kier alpha value is -1.06. The van der Waals surface area contributed by atoms with E-state index in [1.807, 2.05) is 13.8 Å². The van der Waals surface area contributed by atoms with Gasteiger partial charge in [-0.1, -0.05) is 13.8 Å². The lowest BCUT2D eigenvalue weighted by molar-refractivity contribution is -0.144. The van der Waals surface area contributed by atoms with E-state index in [1.54, 1.807) is 0 Å². The number of carbonyl (C=O) groups excluding carboxylic acids is 1. The molecule has 0 amide bonds. The van der Waals surface area contributed by atoms with Gasteiger partial charge < -0.3 is 9.47 Å². The van der Waals surface area contributed by atoms with Crippen molar-refractivity contribution >= 4 is 12.4 Å². The number of hydrogen-bond acceptors (Lipinski definition) is 4. The van der Waals surface area contributed by atoms with E-state index in [2.05, 4.69) is 9.73 Å². The second-order valence-electron chi connectivity index (χ2n) is 3.07. The first-order chi connectivity index (χ1) is 5.66. The minimum Gasteiger partial charge on any atom is -0.477 e. The van der Waals surface area contributed by atoms with Crippen molar-refractivity contribution in [3.8, 4) is 0 Å². The van der Waals surface area contributed by atoms with Crippen LogP contribution in [0.25, 0.3) is 0 Å². The first-order valence-corrected chi connectivity index (χ1v) is 3.91. The van der Waals surface area contributed by atoms with E-state index in [1.165, 1.54) is 13.5 Å². The van der Waals surface area contributed by atoms with Gasteiger partial charge in [-0.3, -0.25) is 0 Å². The van der Waals surface area contributed by atoms with Crippen molar-refractivity contribution in [3.63, 3.8) is 0 Å².